The van der Waals surface area contributed by atoms with Gasteiger partial charge in [0.15, 0.2) is 5.82 Å². The Morgan fingerprint density at radius 3 is 2.62 bits per heavy atom. The Kier molecular flexibility index (Phi) is 4.39. The second-order valence-corrected chi connectivity index (χ2v) is 6.42. The molecule has 21 heavy (non-hydrogen) atoms. The van der Waals surface area contributed by atoms with E-state index in [-0.39, 0.29) is 5.91 Å². The largest absolute Gasteiger partial charge is 0.305 e. The molecule has 1 aliphatic rings. The number of hydrogen-bond acceptors (Lipinski definition) is 2. The van der Waals surface area contributed by atoms with E-state index in [1.54, 1.807) is 12.1 Å². The van der Waals surface area contributed by atoms with Crippen LogP contribution < -0.4 is 5.32 Å². The summed E-state index contributed by atoms with van der Waals surface area (Å²) in [5.74, 6) is 1.03. The predicted octanol–water partition coefficient (Wildman–Crippen LogP) is 4.47. The van der Waals surface area contributed by atoms with Crippen molar-refractivity contribution in [1.29, 1.82) is 0 Å². The summed E-state index contributed by atoms with van der Waals surface area (Å²) in [6.07, 6.45) is 6.32. The fourth-order valence-corrected chi connectivity index (χ4v) is 3.08. The van der Waals surface area contributed by atoms with Crippen molar-refractivity contribution in [3.8, 4) is 0 Å². The summed E-state index contributed by atoms with van der Waals surface area (Å²) in [7, 11) is 0. The van der Waals surface area contributed by atoms with Crippen LogP contribution in [0.2, 0.25) is 0 Å². The Bertz CT molecular complexity index is 615. The lowest BCUT2D eigenvalue weighted by Crippen LogP contribution is -2.11. The number of aromatic amines is 1. The number of amides is 1. The Labute approximate surface area is 132 Å². The number of nitrogens with one attached hydrogen (secondary N) is 2. The molecule has 0 aliphatic heterocycles. The topological polar surface area (TPSA) is 57.8 Å². The molecular formula is C16H18BrN3O. The van der Waals surface area contributed by atoms with Gasteiger partial charge in [0.25, 0.3) is 5.91 Å². The van der Waals surface area contributed by atoms with Gasteiger partial charge >= 0.3 is 0 Å². The van der Waals surface area contributed by atoms with Gasteiger partial charge in [-0.2, -0.15) is 5.10 Å². The van der Waals surface area contributed by atoms with E-state index in [2.05, 4.69) is 31.4 Å². The van der Waals surface area contributed by atoms with Gasteiger partial charge in [-0.05, 0) is 37.1 Å². The highest BCUT2D eigenvalue weighted by atomic mass is 79.9. The van der Waals surface area contributed by atoms with E-state index in [0.717, 1.165) is 10.2 Å². The molecule has 0 saturated heterocycles. The fraction of sp³-hybridized carbons (Fsp3) is 0.375. The van der Waals surface area contributed by atoms with Crippen molar-refractivity contribution in [1.82, 2.24) is 10.2 Å². The number of carbonyl (C=O) groups excluding carboxylic acids is 1. The minimum absolute atomic E-state index is 0.135. The summed E-state index contributed by atoms with van der Waals surface area (Å²) >= 11 is 3.36. The van der Waals surface area contributed by atoms with E-state index in [9.17, 15) is 4.79 Å². The first kappa shape index (κ1) is 14.3. The van der Waals surface area contributed by atoms with Gasteiger partial charge in [-0.15, -0.1) is 0 Å². The van der Waals surface area contributed by atoms with Crippen LogP contribution in [-0.2, 0) is 0 Å². The number of rotatable bonds is 3. The molecule has 1 amide bonds. The fourth-order valence-electron chi connectivity index (χ4n) is 2.81. The zero-order valence-corrected chi connectivity index (χ0v) is 13.3. The van der Waals surface area contributed by atoms with E-state index in [4.69, 9.17) is 0 Å². The molecule has 1 aromatic heterocycles. The SMILES string of the molecule is O=C(Nc1cc(C2CCCCC2)[nH]n1)c1ccc(Br)cc1. The van der Waals surface area contributed by atoms with E-state index < -0.39 is 0 Å². The van der Waals surface area contributed by atoms with Crippen LogP contribution in [0.1, 0.15) is 54.1 Å². The molecule has 1 fully saturated rings. The van der Waals surface area contributed by atoms with Crippen LogP contribution in [0.5, 0.6) is 0 Å². The highest BCUT2D eigenvalue weighted by molar-refractivity contribution is 9.10. The molecule has 110 valence electrons. The van der Waals surface area contributed by atoms with Gasteiger partial charge in [-0.1, -0.05) is 35.2 Å². The molecule has 1 aromatic carbocycles. The Morgan fingerprint density at radius 1 is 1.19 bits per heavy atom. The van der Waals surface area contributed by atoms with Gasteiger partial charge in [0.2, 0.25) is 0 Å². The molecule has 3 rings (SSSR count). The number of halogens is 1. The third-order valence-corrected chi connectivity index (χ3v) is 4.52. The standard InChI is InChI=1S/C16H18BrN3O/c17-13-8-6-12(7-9-13)16(21)18-15-10-14(19-20-15)11-4-2-1-3-5-11/h6-11H,1-5H2,(H2,18,19,20,21). The normalized spacial score (nSPS) is 15.9. The molecule has 2 aromatic rings. The van der Waals surface area contributed by atoms with Gasteiger partial charge in [-0.3, -0.25) is 9.89 Å². The molecule has 2 N–H and O–H groups in total. The summed E-state index contributed by atoms with van der Waals surface area (Å²) in [5, 5.41) is 10.1. The van der Waals surface area contributed by atoms with Crippen LogP contribution >= 0.6 is 15.9 Å². The first-order chi connectivity index (χ1) is 10.2. The number of nitrogens with zero attached hydrogens (tertiary/aromatic N) is 1. The van der Waals surface area contributed by atoms with Gasteiger partial charge < -0.3 is 5.32 Å². The lowest BCUT2D eigenvalue weighted by Gasteiger charge is -2.19. The van der Waals surface area contributed by atoms with Gasteiger partial charge in [0.05, 0.1) is 0 Å². The average Bonchev–Trinajstić information content (AvgIpc) is 2.97. The van der Waals surface area contributed by atoms with Crippen LogP contribution in [0.4, 0.5) is 5.82 Å². The summed E-state index contributed by atoms with van der Waals surface area (Å²) in [5.41, 5.74) is 1.77. The Morgan fingerprint density at radius 2 is 1.90 bits per heavy atom. The number of benzene rings is 1. The molecule has 1 heterocycles. The minimum atomic E-state index is -0.135. The smallest absolute Gasteiger partial charge is 0.256 e. The van der Waals surface area contributed by atoms with E-state index >= 15 is 0 Å². The summed E-state index contributed by atoms with van der Waals surface area (Å²) in [4.78, 5) is 12.1. The molecule has 1 aliphatic carbocycles. The molecule has 0 radical (unpaired) electrons. The Hall–Kier alpha value is -1.62. The van der Waals surface area contributed by atoms with E-state index in [1.807, 2.05) is 18.2 Å². The second-order valence-electron chi connectivity index (χ2n) is 5.50. The first-order valence-corrected chi connectivity index (χ1v) is 8.14. The van der Waals surface area contributed by atoms with Crippen molar-refractivity contribution < 1.29 is 4.79 Å². The molecule has 0 atom stereocenters. The van der Waals surface area contributed by atoms with Gasteiger partial charge in [0, 0.05) is 27.7 Å². The number of hydrogen-bond donors (Lipinski definition) is 2. The predicted molar refractivity (Wildman–Crippen MR) is 86.5 cm³/mol. The molecule has 0 bridgehead atoms. The third-order valence-electron chi connectivity index (χ3n) is 3.99. The zero-order valence-electron chi connectivity index (χ0n) is 11.7. The minimum Gasteiger partial charge on any atom is -0.305 e. The highest BCUT2D eigenvalue weighted by Crippen LogP contribution is 2.32. The van der Waals surface area contributed by atoms with Crippen molar-refractivity contribution >= 4 is 27.7 Å². The maximum absolute atomic E-state index is 12.1. The molecule has 1 saturated carbocycles. The van der Waals surface area contributed by atoms with Crippen molar-refractivity contribution in [2.24, 2.45) is 0 Å². The van der Waals surface area contributed by atoms with Crippen LogP contribution in [0, 0.1) is 0 Å². The Balaban J connectivity index is 1.66. The van der Waals surface area contributed by atoms with Crippen LogP contribution in [-0.4, -0.2) is 16.1 Å². The average molecular weight is 348 g/mol. The molecular weight excluding hydrogens is 330 g/mol. The number of anilines is 1. The van der Waals surface area contributed by atoms with Gasteiger partial charge in [0.1, 0.15) is 0 Å². The first-order valence-electron chi connectivity index (χ1n) is 7.34. The maximum atomic E-state index is 12.1. The molecule has 5 heteroatoms. The highest BCUT2D eigenvalue weighted by Gasteiger charge is 2.18. The van der Waals surface area contributed by atoms with Crippen molar-refractivity contribution in [3.63, 3.8) is 0 Å². The van der Waals surface area contributed by atoms with Crippen LogP contribution in [0.3, 0.4) is 0 Å². The summed E-state index contributed by atoms with van der Waals surface area (Å²) in [6, 6.07) is 9.24. The summed E-state index contributed by atoms with van der Waals surface area (Å²) < 4.78 is 0.957. The van der Waals surface area contributed by atoms with Crippen molar-refractivity contribution in [2.75, 3.05) is 5.32 Å². The molecule has 0 spiro atoms. The number of H-pyrrole nitrogens is 1. The van der Waals surface area contributed by atoms with Gasteiger partial charge in [-0.25, -0.2) is 0 Å². The lowest BCUT2D eigenvalue weighted by atomic mass is 9.87. The van der Waals surface area contributed by atoms with E-state index in [1.165, 1.54) is 32.1 Å². The molecule has 4 nitrogen and oxygen atoms in total. The van der Waals surface area contributed by atoms with E-state index in [0.29, 0.717) is 17.3 Å². The second kappa shape index (κ2) is 6.43. The summed E-state index contributed by atoms with van der Waals surface area (Å²) in [6.45, 7) is 0. The van der Waals surface area contributed by atoms with Crippen LogP contribution in [0.15, 0.2) is 34.8 Å². The van der Waals surface area contributed by atoms with Crippen LogP contribution in [0.25, 0.3) is 0 Å². The van der Waals surface area contributed by atoms with Crippen molar-refractivity contribution in [2.45, 2.75) is 38.0 Å². The monoisotopic (exact) mass is 347 g/mol. The zero-order chi connectivity index (χ0) is 14.7. The molecule has 0 unspecified atom stereocenters. The third kappa shape index (κ3) is 3.53. The van der Waals surface area contributed by atoms with Crippen molar-refractivity contribution in [3.05, 3.63) is 46.1 Å². The lowest BCUT2D eigenvalue weighted by molar-refractivity contribution is 0.102. The maximum Gasteiger partial charge on any atom is 0.256 e. The number of carbonyl (C=O) groups is 1. The number of aromatic nitrogens is 2. The quantitative estimate of drug-likeness (QED) is 0.860.